The molecular weight excluding hydrogens is 260 g/mol. The predicted molar refractivity (Wildman–Crippen MR) is 60.1 cm³/mol. The smallest absolute Gasteiger partial charge is 0.338 e. The van der Waals surface area contributed by atoms with Crippen molar-refractivity contribution < 1.29 is 14.3 Å². The molecule has 0 unspecified atom stereocenters. The molecule has 0 aliphatic rings. The van der Waals surface area contributed by atoms with E-state index in [9.17, 15) is 9.59 Å². The van der Waals surface area contributed by atoms with Crippen LogP contribution in [0.1, 0.15) is 34.6 Å². The van der Waals surface area contributed by atoms with E-state index < -0.39 is 5.97 Å². The number of ketones is 1. The summed E-state index contributed by atoms with van der Waals surface area (Å²) in [5.74, 6) is -0.500. The number of rotatable bonds is 3. The Morgan fingerprint density at radius 3 is 2.60 bits per heavy atom. The van der Waals surface area contributed by atoms with Crippen molar-refractivity contribution in [1.29, 1.82) is 0 Å². The molecule has 0 aromatic heterocycles. The monoisotopic (exact) mass is 270 g/mol. The van der Waals surface area contributed by atoms with Gasteiger partial charge in [0.1, 0.15) is 0 Å². The molecule has 0 aliphatic carbocycles. The number of benzene rings is 1. The van der Waals surface area contributed by atoms with Crippen molar-refractivity contribution in [3.8, 4) is 0 Å². The van der Waals surface area contributed by atoms with Gasteiger partial charge < -0.3 is 4.74 Å². The maximum absolute atomic E-state index is 11.4. The number of carbonyl (C=O) groups is 2. The Morgan fingerprint density at radius 1 is 1.40 bits per heavy atom. The third kappa shape index (κ3) is 2.89. The third-order valence-corrected chi connectivity index (χ3v) is 2.55. The van der Waals surface area contributed by atoms with Gasteiger partial charge in [0, 0.05) is 10.0 Å². The van der Waals surface area contributed by atoms with Crippen LogP contribution in [-0.4, -0.2) is 18.4 Å². The summed E-state index contributed by atoms with van der Waals surface area (Å²) in [5.41, 5.74) is 0.880. The molecule has 0 aliphatic heterocycles. The van der Waals surface area contributed by atoms with Gasteiger partial charge in [-0.15, -0.1) is 0 Å². The zero-order valence-electron chi connectivity index (χ0n) is 8.54. The summed E-state index contributed by atoms with van der Waals surface area (Å²) in [7, 11) is 0. The van der Waals surface area contributed by atoms with Gasteiger partial charge in [-0.3, -0.25) is 4.79 Å². The van der Waals surface area contributed by atoms with Crippen molar-refractivity contribution in [3.63, 3.8) is 0 Å². The van der Waals surface area contributed by atoms with E-state index in [0.29, 0.717) is 22.2 Å². The molecule has 4 heteroatoms. The van der Waals surface area contributed by atoms with Crippen molar-refractivity contribution in [3.05, 3.63) is 33.8 Å². The molecule has 1 rings (SSSR count). The highest BCUT2D eigenvalue weighted by Crippen LogP contribution is 2.19. The van der Waals surface area contributed by atoms with Crippen LogP contribution in [-0.2, 0) is 4.74 Å². The van der Waals surface area contributed by atoms with Crippen molar-refractivity contribution >= 4 is 27.7 Å². The maximum atomic E-state index is 11.4. The molecule has 0 saturated carbocycles. The molecule has 0 heterocycles. The maximum Gasteiger partial charge on any atom is 0.338 e. The normalized spacial score (nSPS) is 9.80. The van der Waals surface area contributed by atoms with Crippen molar-refractivity contribution in [2.24, 2.45) is 0 Å². The first kappa shape index (κ1) is 11.9. The number of halogens is 1. The second kappa shape index (κ2) is 5.07. The summed E-state index contributed by atoms with van der Waals surface area (Å²) in [6.07, 6.45) is 0. The van der Waals surface area contributed by atoms with Crippen LogP contribution in [0.2, 0.25) is 0 Å². The van der Waals surface area contributed by atoms with E-state index in [1.165, 1.54) is 13.0 Å². The molecule has 3 nitrogen and oxygen atoms in total. The summed E-state index contributed by atoms with van der Waals surface area (Å²) in [6.45, 7) is 3.52. The second-order valence-electron chi connectivity index (χ2n) is 2.97. The highest BCUT2D eigenvalue weighted by Gasteiger charge is 2.11. The minimum absolute atomic E-state index is 0.0898. The standard InChI is InChI=1S/C11H11BrO3/c1-3-15-11(14)8-4-5-10(12)9(6-8)7(2)13/h4-6H,3H2,1-2H3. The summed E-state index contributed by atoms with van der Waals surface area (Å²) >= 11 is 3.25. The highest BCUT2D eigenvalue weighted by molar-refractivity contribution is 9.10. The molecule has 1 aromatic carbocycles. The molecule has 0 atom stereocenters. The lowest BCUT2D eigenvalue weighted by Crippen LogP contribution is -2.06. The van der Waals surface area contributed by atoms with E-state index in [2.05, 4.69) is 15.9 Å². The Balaban J connectivity index is 3.07. The Bertz CT molecular complexity index is 399. The van der Waals surface area contributed by atoms with Crippen molar-refractivity contribution in [2.75, 3.05) is 6.61 Å². The molecule has 0 saturated heterocycles. The predicted octanol–water partition coefficient (Wildman–Crippen LogP) is 2.83. The van der Waals surface area contributed by atoms with Crippen LogP contribution < -0.4 is 0 Å². The second-order valence-corrected chi connectivity index (χ2v) is 3.83. The number of hydrogen-bond acceptors (Lipinski definition) is 3. The van der Waals surface area contributed by atoms with E-state index in [4.69, 9.17) is 4.74 Å². The van der Waals surface area contributed by atoms with Crippen molar-refractivity contribution in [2.45, 2.75) is 13.8 Å². The molecule has 15 heavy (non-hydrogen) atoms. The third-order valence-electron chi connectivity index (χ3n) is 1.86. The lowest BCUT2D eigenvalue weighted by Gasteiger charge is -2.04. The van der Waals surface area contributed by atoms with Gasteiger partial charge in [-0.25, -0.2) is 4.79 Å². The summed E-state index contributed by atoms with van der Waals surface area (Å²) in [6, 6.07) is 4.82. The molecular formula is C11H11BrO3. The Morgan fingerprint density at radius 2 is 2.07 bits per heavy atom. The first-order chi connectivity index (χ1) is 7.06. The first-order valence-electron chi connectivity index (χ1n) is 4.54. The molecule has 0 N–H and O–H groups in total. The number of carbonyl (C=O) groups excluding carboxylic acids is 2. The van der Waals surface area contributed by atoms with Gasteiger partial charge in [0.2, 0.25) is 0 Å². The summed E-state index contributed by atoms with van der Waals surface area (Å²) < 4.78 is 5.52. The topological polar surface area (TPSA) is 43.4 Å². The summed E-state index contributed by atoms with van der Waals surface area (Å²) in [5, 5.41) is 0. The van der Waals surface area contributed by atoms with Gasteiger partial charge in [-0.1, -0.05) is 15.9 Å². The van der Waals surface area contributed by atoms with E-state index in [1.54, 1.807) is 19.1 Å². The minimum Gasteiger partial charge on any atom is -0.462 e. The van der Waals surface area contributed by atoms with Crippen LogP contribution in [0, 0.1) is 0 Å². The average Bonchev–Trinajstić information content (AvgIpc) is 2.18. The number of Topliss-reactive ketones (excluding diaryl/α,β-unsaturated/α-hetero) is 1. The quantitative estimate of drug-likeness (QED) is 0.627. The molecule has 0 fully saturated rings. The van der Waals surface area contributed by atoms with Gasteiger partial charge in [0.25, 0.3) is 0 Å². The SMILES string of the molecule is CCOC(=O)c1ccc(Br)c(C(C)=O)c1. The highest BCUT2D eigenvalue weighted by atomic mass is 79.9. The largest absolute Gasteiger partial charge is 0.462 e. The van der Waals surface area contributed by atoms with Crippen LogP contribution in [0.25, 0.3) is 0 Å². The van der Waals surface area contributed by atoms with Crippen LogP contribution in [0.3, 0.4) is 0 Å². The fourth-order valence-corrected chi connectivity index (χ4v) is 1.66. The van der Waals surface area contributed by atoms with Crippen LogP contribution in [0.15, 0.2) is 22.7 Å². The molecule has 0 spiro atoms. The lowest BCUT2D eigenvalue weighted by molar-refractivity contribution is 0.0526. The lowest BCUT2D eigenvalue weighted by atomic mass is 10.1. The molecule has 0 bridgehead atoms. The van der Waals surface area contributed by atoms with Gasteiger partial charge in [-0.2, -0.15) is 0 Å². The van der Waals surface area contributed by atoms with Gasteiger partial charge in [0.05, 0.1) is 12.2 Å². The zero-order valence-corrected chi connectivity index (χ0v) is 10.1. The van der Waals surface area contributed by atoms with Crippen molar-refractivity contribution in [1.82, 2.24) is 0 Å². The van der Waals surface area contributed by atoms with Crippen LogP contribution in [0.4, 0.5) is 0 Å². The van der Waals surface area contributed by atoms with Gasteiger partial charge in [-0.05, 0) is 32.0 Å². The first-order valence-corrected chi connectivity index (χ1v) is 5.33. The van der Waals surface area contributed by atoms with E-state index >= 15 is 0 Å². The summed E-state index contributed by atoms with van der Waals surface area (Å²) in [4.78, 5) is 22.6. The molecule has 0 radical (unpaired) electrons. The fourth-order valence-electron chi connectivity index (χ4n) is 1.14. The minimum atomic E-state index is -0.410. The van der Waals surface area contributed by atoms with E-state index in [0.717, 1.165) is 0 Å². The van der Waals surface area contributed by atoms with Crippen LogP contribution in [0.5, 0.6) is 0 Å². The number of hydrogen-bond donors (Lipinski definition) is 0. The fraction of sp³-hybridized carbons (Fsp3) is 0.273. The number of ether oxygens (including phenoxy) is 1. The van der Waals surface area contributed by atoms with E-state index in [1.807, 2.05) is 0 Å². The van der Waals surface area contributed by atoms with Crippen LogP contribution >= 0.6 is 15.9 Å². The van der Waals surface area contributed by atoms with Gasteiger partial charge >= 0.3 is 5.97 Å². The Hall–Kier alpha value is -1.16. The number of esters is 1. The van der Waals surface area contributed by atoms with E-state index in [-0.39, 0.29) is 5.78 Å². The zero-order chi connectivity index (χ0) is 11.4. The average molecular weight is 271 g/mol. The Labute approximate surface area is 96.6 Å². The molecule has 1 aromatic rings. The Kier molecular flexibility index (Phi) is 4.03. The molecule has 80 valence electrons. The molecule has 0 amide bonds. The van der Waals surface area contributed by atoms with Gasteiger partial charge in [0.15, 0.2) is 5.78 Å².